The number of anilines is 3. The third kappa shape index (κ3) is 6.49. The number of amides is 1. The van der Waals surface area contributed by atoms with E-state index in [2.05, 4.69) is 25.2 Å². The Morgan fingerprint density at radius 3 is 2.49 bits per heavy atom. The Bertz CT molecular complexity index is 1550. The number of nitrogens with one attached hydrogen (secondary N) is 2. The van der Waals surface area contributed by atoms with Crippen molar-refractivity contribution in [3.63, 3.8) is 0 Å². The lowest BCUT2D eigenvalue weighted by molar-refractivity contribution is -0.138. The molecule has 2 aromatic heterocycles. The van der Waals surface area contributed by atoms with Crippen LogP contribution in [0, 0.1) is 5.82 Å². The van der Waals surface area contributed by atoms with Crippen LogP contribution in [0.1, 0.15) is 36.7 Å². The number of hydrogen-bond donors (Lipinski definition) is 2. The number of hydrogen-bond acceptors (Lipinski definition) is 8. The van der Waals surface area contributed by atoms with Gasteiger partial charge in [-0.2, -0.15) is 13.2 Å². The lowest BCUT2D eigenvalue weighted by Gasteiger charge is -2.44. The minimum Gasteiger partial charge on any atom is -0.375 e. The van der Waals surface area contributed by atoms with E-state index in [0.29, 0.717) is 50.5 Å². The predicted octanol–water partition coefficient (Wildman–Crippen LogP) is 4.00. The maximum atomic E-state index is 15.9. The molecule has 0 spiro atoms. The number of ether oxygens (including phenoxy) is 1. The number of aromatic amines is 1. The molecule has 2 saturated heterocycles. The molecule has 0 unspecified atom stereocenters. The van der Waals surface area contributed by atoms with Gasteiger partial charge in [-0.1, -0.05) is 0 Å². The quantitative estimate of drug-likeness (QED) is 0.422. The fourth-order valence-electron chi connectivity index (χ4n) is 5.46. The lowest BCUT2D eigenvalue weighted by atomic mass is 10.0. The number of carbonyl (C=O) groups excluding carboxylic acids is 1. The van der Waals surface area contributed by atoms with Crippen LogP contribution >= 0.6 is 0 Å². The summed E-state index contributed by atoms with van der Waals surface area (Å²) in [4.78, 5) is 42.0. The Morgan fingerprint density at radius 2 is 1.81 bits per heavy atom. The van der Waals surface area contributed by atoms with Crippen LogP contribution < -0.4 is 20.7 Å². The van der Waals surface area contributed by atoms with Crippen LogP contribution in [-0.2, 0) is 10.9 Å². The number of carbonyl (C=O) groups is 1. The number of likely N-dealkylation sites (N-methyl/N-ethyl adjacent to an activating group) is 1. The molecular weight excluding hydrogens is 570 g/mol. The topological polar surface area (TPSA) is 107 Å². The van der Waals surface area contributed by atoms with Gasteiger partial charge >= 0.3 is 6.18 Å². The van der Waals surface area contributed by atoms with E-state index in [1.165, 1.54) is 24.4 Å². The van der Waals surface area contributed by atoms with Gasteiger partial charge in [-0.25, -0.2) is 14.4 Å². The van der Waals surface area contributed by atoms with Gasteiger partial charge in [0.15, 0.2) is 0 Å². The van der Waals surface area contributed by atoms with Crippen molar-refractivity contribution in [1.82, 2.24) is 19.9 Å². The van der Waals surface area contributed by atoms with Gasteiger partial charge in [0.05, 0.1) is 40.9 Å². The minimum absolute atomic E-state index is 0.0387. The number of rotatable bonds is 5. The summed E-state index contributed by atoms with van der Waals surface area (Å²) in [5.41, 5.74) is -2.45. The molecule has 230 valence electrons. The number of piperazine rings is 1. The molecule has 10 nitrogen and oxygen atoms in total. The fourth-order valence-corrected chi connectivity index (χ4v) is 5.46. The Kier molecular flexibility index (Phi) is 8.43. The van der Waals surface area contributed by atoms with Crippen LogP contribution in [0.4, 0.5) is 34.9 Å². The molecule has 2 aliphatic rings. The van der Waals surface area contributed by atoms with Crippen LogP contribution in [0.25, 0.3) is 11.3 Å². The molecule has 2 N–H and O–H groups in total. The highest BCUT2D eigenvalue weighted by Crippen LogP contribution is 2.37. The second-order valence-corrected chi connectivity index (χ2v) is 11.1. The fraction of sp³-hybridized carbons (Fsp3) is 0.448. The van der Waals surface area contributed by atoms with Gasteiger partial charge in [0.2, 0.25) is 11.5 Å². The average molecular weight is 604 g/mol. The number of pyridine rings is 1. The number of aromatic nitrogens is 3. The summed E-state index contributed by atoms with van der Waals surface area (Å²) in [5, 5.41) is 2.56. The van der Waals surface area contributed by atoms with E-state index in [0.717, 1.165) is 6.20 Å². The summed E-state index contributed by atoms with van der Waals surface area (Å²) in [7, 11) is 1.98. The third-order valence-corrected chi connectivity index (χ3v) is 7.95. The Balaban J connectivity index is 1.58. The third-order valence-electron chi connectivity index (χ3n) is 7.95. The van der Waals surface area contributed by atoms with E-state index >= 15 is 4.39 Å². The molecule has 1 amide bonds. The highest BCUT2D eigenvalue weighted by molar-refractivity contribution is 6.07. The van der Waals surface area contributed by atoms with Crippen molar-refractivity contribution in [2.24, 2.45) is 0 Å². The number of benzene rings is 1. The Labute approximate surface area is 245 Å². The number of H-pyrrole nitrogens is 1. The Morgan fingerprint density at radius 1 is 1.09 bits per heavy atom. The van der Waals surface area contributed by atoms with Crippen molar-refractivity contribution in [2.45, 2.75) is 45.1 Å². The largest absolute Gasteiger partial charge is 0.417 e. The van der Waals surface area contributed by atoms with E-state index in [4.69, 9.17) is 4.74 Å². The summed E-state index contributed by atoms with van der Waals surface area (Å²) in [5.74, 6) is -1.35. The first-order valence-corrected chi connectivity index (χ1v) is 13.9. The molecule has 2 aliphatic heterocycles. The molecule has 4 heterocycles. The minimum atomic E-state index is -4.95. The monoisotopic (exact) mass is 603 g/mol. The Hall–Kier alpha value is -4.04. The van der Waals surface area contributed by atoms with Gasteiger partial charge < -0.3 is 24.8 Å². The van der Waals surface area contributed by atoms with E-state index in [-0.39, 0.29) is 35.1 Å². The number of nitrogens with zero attached hydrogens (tertiary/aromatic N) is 5. The smallest absolute Gasteiger partial charge is 0.375 e. The molecule has 0 bridgehead atoms. The average Bonchev–Trinajstić information content (AvgIpc) is 2.96. The van der Waals surface area contributed by atoms with Crippen LogP contribution in [-0.4, -0.2) is 83.8 Å². The number of morpholine rings is 1. The van der Waals surface area contributed by atoms with E-state index < -0.39 is 34.6 Å². The molecule has 0 aliphatic carbocycles. The molecule has 14 heteroatoms. The number of halogens is 4. The van der Waals surface area contributed by atoms with Gasteiger partial charge in [0, 0.05) is 62.3 Å². The van der Waals surface area contributed by atoms with E-state index in [1.807, 2.05) is 37.6 Å². The van der Waals surface area contributed by atoms with Crippen molar-refractivity contribution in [2.75, 3.05) is 55.0 Å². The van der Waals surface area contributed by atoms with Crippen LogP contribution in [0.3, 0.4) is 0 Å². The zero-order chi connectivity index (χ0) is 31.1. The molecule has 0 saturated carbocycles. The summed E-state index contributed by atoms with van der Waals surface area (Å²) in [6.45, 7) is 8.51. The highest BCUT2D eigenvalue weighted by Gasteiger charge is 2.36. The molecular formula is C29H33F4N7O3. The standard InChI is InChI=1S/C29H33F4N7O3/c1-16-13-40(14-17(2)38(16)4)25-11-22(30)19(23-5-6-34-28(37-23)39-7-8-43-18(3)15-39)9-24(25)36-27(42)20-12-35-26(41)10-21(20)29(31,32)33/h5-6,9-12,16-18H,7-8,13-15H2,1-4H3,(H,35,41)(H,36,42)/t16-,17+,18-/m1/s1. The number of alkyl halides is 3. The van der Waals surface area contributed by atoms with Crippen molar-refractivity contribution in [1.29, 1.82) is 0 Å². The first-order valence-electron chi connectivity index (χ1n) is 13.9. The van der Waals surface area contributed by atoms with Gasteiger partial charge in [-0.05, 0) is 46.0 Å². The SMILES string of the molecule is C[C@@H]1CN(c2nccc(-c3cc(NC(=O)c4c[nH]c(=O)cc4C(F)(F)F)c(N4C[C@@H](C)N(C)[C@@H](C)C4)cc3F)n2)CCO1. The van der Waals surface area contributed by atoms with Crippen molar-refractivity contribution >= 4 is 23.2 Å². The highest BCUT2D eigenvalue weighted by atomic mass is 19.4. The molecule has 2 fully saturated rings. The van der Waals surface area contributed by atoms with Gasteiger partial charge in [-0.3, -0.25) is 14.5 Å². The predicted molar refractivity (Wildman–Crippen MR) is 154 cm³/mol. The van der Waals surface area contributed by atoms with Crippen LogP contribution in [0.15, 0.2) is 41.5 Å². The molecule has 3 aromatic rings. The molecule has 1 aromatic carbocycles. The summed E-state index contributed by atoms with van der Waals surface area (Å²) < 4.78 is 62.7. The first-order chi connectivity index (χ1) is 20.3. The van der Waals surface area contributed by atoms with Crippen molar-refractivity contribution in [3.8, 4) is 11.3 Å². The zero-order valence-electron chi connectivity index (χ0n) is 24.2. The molecule has 3 atom stereocenters. The maximum absolute atomic E-state index is 15.9. The maximum Gasteiger partial charge on any atom is 0.417 e. The first kappa shape index (κ1) is 30.4. The normalized spacial score (nSPS) is 21.6. The molecule has 5 rings (SSSR count). The van der Waals surface area contributed by atoms with E-state index in [1.54, 1.807) is 0 Å². The van der Waals surface area contributed by atoms with Gasteiger partial charge in [-0.15, -0.1) is 0 Å². The molecule has 43 heavy (non-hydrogen) atoms. The summed E-state index contributed by atoms with van der Waals surface area (Å²) >= 11 is 0. The second kappa shape index (κ2) is 11.9. The van der Waals surface area contributed by atoms with Gasteiger partial charge in [0.1, 0.15) is 5.82 Å². The zero-order valence-corrected chi connectivity index (χ0v) is 24.2. The molecule has 0 radical (unpaired) electrons. The van der Waals surface area contributed by atoms with Crippen molar-refractivity contribution in [3.05, 3.63) is 64.0 Å². The van der Waals surface area contributed by atoms with E-state index in [9.17, 15) is 22.8 Å². The second-order valence-electron chi connectivity index (χ2n) is 11.1. The summed E-state index contributed by atoms with van der Waals surface area (Å²) in [6, 6.07) is 4.67. The summed E-state index contributed by atoms with van der Waals surface area (Å²) in [6.07, 6.45) is -2.76. The van der Waals surface area contributed by atoms with Gasteiger partial charge in [0.25, 0.3) is 5.91 Å². The van der Waals surface area contributed by atoms with Crippen LogP contribution in [0.5, 0.6) is 0 Å². The van der Waals surface area contributed by atoms with Crippen molar-refractivity contribution < 1.29 is 27.1 Å². The lowest BCUT2D eigenvalue weighted by Crippen LogP contribution is -2.55. The van der Waals surface area contributed by atoms with Crippen LogP contribution in [0.2, 0.25) is 0 Å².